The average molecular weight is 346 g/mol. The normalized spacial score (nSPS) is 11.1. The number of hydrogen-bond donors (Lipinski definition) is 2. The van der Waals surface area contributed by atoms with Crippen molar-refractivity contribution in [3.05, 3.63) is 71.4 Å². The zero-order valence-corrected chi connectivity index (χ0v) is 14.3. The number of nitrogens with one attached hydrogen (secondary N) is 1. The van der Waals surface area contributed by atoms with E-state index in [0.29, 0.717) is 6.54 Å². The second-order valence-electron chi connectivity index (χ2n) is 6.27. The van der Waals surface area contributed by atoms with E-state index in [2.05, 4.69) is 10.4 Å². The number of carboxylic acids is 1. The standard InChI is InChI=1S/C20H18N4O2/c1-13-10-18-22-20(16-4-2-3-5-17(16)24(18)23-13)21-12-15-8-6-14(7-9-15)11-19(25)26/h2-10H,11-12H2,1H3,(H,21,22)(H,25,26). The summed E-state index contributed by atoms with van der Waals surface area (Å²) < 4.78 is 1.86. The molecule has 2 aromatic heterocycles. The van der Waals surface area contributed by atoms with Gasteiger partial charge >= 0.3 is 5.97 Å². The van der Waals surface area contributed by atoms with E-state index in [-0.39, 0.29) is 6.42 Å². The van der Waals surface area contributed by atoms with E-state index in [9.17, 15) is 4.79 Å². The van der Waals surface area contributed by atoms with Crippen LogP contribution < -0.4 is 5.32 Å². The van der Waals surface area contributed by atoms with Gasteiger partial charge in [-0.25, -0.2) is 9.50 Å². The predicted octanol–water partition coefficient (Wildman–Crippen LogP) is 3.43. The van der Waals surface area contributed by atoms with Crippen molar-refractivity contribution >= 4 is 28.3 Å². The fourth-order valence-electron chi connectivity index (χ4n) is 3.05. The lowest BCUT2D eigenvalue weighted by Crippen LogP contribution is -2.05. The van der Waals surface area contributed by atoms with Crippen LogP contribution in [0, 0.1) is 6.92 Å². The molecule has 0 fully saturated rings. The first-order chi connectivity index (χ1) is 12.6. The first-order valence-corrected chi connectivity index (χ1v) is 8.39. The van der Waals surface area contributed by atoms with Crippen LogP contribution in [0.1, 0.15) is 16.8 Å². The molecule has 0 aliphatic heterocycles. The fraction of sp³-hybridized carbons (Fsp3) is 0.150. The SMILES string of the molecule is Cc1cc2nc(NCc3ccc(CC(=O)O)cc3)c3ccccc3n2n1. The molecule has 0 amide bonds. The summed E-state index contributed by atoms with van der Waals surface area (Å²) in [5, 5.41) is 17.8. The zero-order chi connectivity index (χ0) is 18.1. The third-order valence-corrected chi connectivity index (χ3v) is 4.26. The Bertz CT molecular complexity index is 1100. The molecule has 0 bridgehead atoms. The van der Waals surface area contributed by atoms with Gasteiger partial charge in [0.2, 0.25) is 0 Å². The molecular formula is C20H18N4O2. The number of hydrogen-bond acceptors (Lipinski definition) is 4. The van der Waals surface area contributed by atoms with Gasteiger partial charge in [-0.3, -0.25) is 4.79 Å². The van der Waals surface area contributed by atoms with Crippen LogP contribution in [-0.4, -0.2) is 25.7 Å². The van der Waals surface area contributed by atoms with Gasteiger partial charge in [-0.15, -0.1) is 0 Å². The summed E-state index contributed by atoms with van der Waals surface area (Å²) >= 11 is 0. The molecule has 130 valence electrons. The number of carboxylic acid groups (broad SMARTS) is 1. The highest BCUT2D eigenvalue weighted by molar-refractivity contribution is 5.91. The van der Waals surface area contributed by atoms with Gasteiger partial charge in [-0.05, 0) is 30.2 Å². The third-order valence-electron chi connectivity index (χ3n) is 4.26. The predicted molar refractivity (Wildman–Crippen MR) is 100 cm³/mol. The summed E-state index contributed by atoms with van der Waals surface area (Å²) in [5.41, 5.74) is 4.59. The first-order valence-electron chi connectivity index (χ1n) is 8.39. The van der Waals surface area contributed by atoms with E-state index < -0.39 is 5.97 Å². The molecule has 0 saturated heterocycles. The topological polar surface area (TPSA) is 79.5 Å². The maximum absolute atomic E-state index is 10.8. The van der Waals surface area contributed by atoms with E-state index in [1.54, 1.807) is 0 Å². The quantitative estimate of drug-likeness (QED) is 0.579. The van der Waals surface area contributed by atoms with Crippen LogP contribution in [0.25, 0.3) is 16.6 Å². The van der Waals surface area contributed by atoms with Crippen LogP contribution in [0.2, 0.25) is 0 Å². The van der Waals surface area contributed by atoms with Crippen LogP contribution in [-0.2, 0) is 17.8 Å². The van der Waals surface area contributed by atoms with Gasteiger partial charge in [0.15, 0.2) is 5.65 Å². The van der Waals surface area contributed by atoms with E-state index >= 15 is 0 Å². The Balaban J connectivity index is 1.63. The second kappa shape index (κ2) is 6.48. The Hall–Kier alpha value is -3.41. The molecule has 0 unspecified atom stereocenters. The number of aromatic nitrogens is 3. The Kier molecular flexibility index (Phi) is 4.01. The van der Waals surface area contributed by atoms with Gasteiger partial charge < -0.3 is 10.4 Å². The maximum atomic E-state index is 10.8. The number of carbonyl (C=O) groups is 1. The molecule has 0 radical (unpaired) electrons. The van der Waals surface area contributed by atoms with E-state index in [0.717, 1.165) is 39.2 Å². The summed E-state index contributed by atoms with van der Waals surface area (Å²) in [4.78, 5) is 15.5. The van der Waals surface area contributed by atoms with Crippen molar-refractivity contribution in [3.8, 4) is 0 Å². The summed E-state index contributed by atoms with van der Waals surface area (Å²) in [6, 6.07) is 17.6. The monoisotopic (exact) mass is 346 g/mol. The van der Waals surface area contributed by atoms with Crippen molar-refractivity contribution in [2.24, 2.45) is 0 Å². The molecule has 2 aromatic carbocycles. The highest BCUT2D eigenvalue weighted by Gasteiger charge is 2.09. The summed E-state index contributed by atoms with van der Waals surface area (Å²) in [6.45, 7) is 2.56. The molecule has 0 aliphatic carbocycles. The summed E-state index contributed by atoms with van der Waals surface area (Å²) in [7, 11) is 0. The van der Waals surface area contributed by atoms with Crippen LogP contribution in [0.15, 0.2) is 54.6 Å². The van der Waals surface area contributed by atoms with Crippen LogP contribution >= 0.6 is 0 Å². The van der Waals surface area contributed by atoms with E-state index in [4.69, 9.17) is 10.1 Å². The molecule has 4 aromatic rings. The molecule has 6 nitrogen and oxygen atoms in total. The molecule has 26 heavy (non-hydrogen) atoms. The van der Waals surface area contributed by atoms with Gasteiger partial charge in [-0.2, -0.15) is 5.10 Å². The molecule has 2 heterocycles. The van der Waals surface area contributed by atoms with Crippen molar-refractivity contribution in [2.45, 2.75) is 19.9 Å². The number of aryl methyl sites for hydroxylation is 1. The first kappa shape index (κ1) is 16.1. The number of anilines is 1. The number of benzene rings is 2. The minimum absolute atomic E-state index is 0.0388. The smallest absolute Gasteiger partial charge is 0.307 e. The minimum Gasteiger partial charge on any atom is -0.481 e. The highest BCUT2D eigenvalue weighted by atomic mass is 16.4. The minimum atomic E-state index is -0.823. The molecule has 2 N–H and O–H groups in total. The van der Waals surface area contributed by atoms with Crippen LogP contribution in [0.3, 0.4) is 0 Å². The van der Waals surface area contributed by atoms with Gasteiger partial charge in [-0.1, -0.05) is 36.4 Å². The van der Waals surface area contributed by atoms with Crippen molar-refractivity contribution in [1.82, 2.24) is 14.6 Å². The zero-order valence-electron chi connectivity index (χ0n) is 14.3. The molecule has 4 rings (SSSR count). The Morgan fingerprint density at radius 3 is 2.62 bits per heavy atom. The fourth-order valence-corrected chi connectivity index (χ4v) is 3.05. The van der Waals surface area contributed by atoms with Gasteiger partial charge in [0, 0.05) is 18.0 Å². The van der Waals surface area contributed by atoms with Gasteiger partial charge in [0.25, 0.3) is 0 Å². The van der Waals surface area contributed by atoms with Crippen LogP contribution in [0.4, 0.5) is 5.82 Å². The van der Waals surface area contributed by atoms with E-state index in [1.165, 1.54) is 0 Å². The summed E-state index contributed by atoms with van der Waals surface area (Å²) in [6.07, 6.45) is 0.0388. The van der Waals surface area contributed by atoms with Crippen LogP contribution in [0.5, 0.6) is 0 Å². The molecule has 0 spiro atoms. The highest BCUT2D eigenvalue weighted by Crippen LogP contribution is 2.23. The Morgan fingerprint density at radius 2 is 1.85 bits per heavy atom. The largest absolute Gasteiger partial charge is 0.481 e. The van der Waals surface area contributed by atoms with Crippen molar-refractivity contribution in [2.75, 3.05) is 5.32 Å². The number of fused-ring (bicyclic) bond motifs is 3. The average Bonchev–Trinajstić information content (AvgIpc) is 3.01. The van der Waals surface area contributed by atoms with Gasteiger partial charge in [0.1, 0.15) is 5.82 Å². The molecule has 0 saturated carbocycles. The number of para-hydroxylation sites is 1. The molecular weight excluding hydrogens is 328 g/mol. The van der Waals surface area contributed by atoms with Crippen molar-refractivity contribution < 1.29 is 9.90 Å². The second-order valence-corrected chi connectivity index (χ2v) is 6.27. The number of nitrogens with zero attached hydrogens (tertiary/aromatic N) is 3. The number of rotatable bonds is 5. The van der Waals surface area contributed by atoms with Gasteiger partial charge in [0.05, 0.1) is 17.6 Å². The maximum Gasteiger partial charge on any atom is 0.307 e. The Labute approximate surface area is 150 Å². The lowest BCUT2D eigenvalue weighted by molar-refractivity contribution is -0.136. The molecule has 0 aliphatic rings. The van der Waals surface area contributed by atoms with E-state index in [1.807, 2.05) is 66.0 Å². The molecule has 6 heteroatoms. The Morgan fingerprint density at radius 1 is 1.12 bits per heavy atom. The van der Waals surface area contributed by atoms with Crippen molar-refractivity contribution in [3.63, 3.8) is 0 Å². The third kappa shape index (κ3) is 3.09. The summed E-state index contributed by atoms with van der Waals surface area (Å²) in [5.74, 6) is -0.0152. The lowest BCUT2D eigenvalue weighted by atomic mass is 10.1. The molecule has 0 atom stereocenters. The number of aliphatic carboxylic acids is 1. The van der Waals surface area contributed by atoms with Crippen molar-refractivity contribution in [1.29, 1.82) is 0 Å². The lowest BCUT2D eigenvalue weighted by Gasteiger charge is -2.10.